The zero-order valence-electron chi connectivity index (χ0n) is 81.4. The van der Waals surface area contributed by atoms with Crippen molar-refractivity contribution in [1.82, 2.24) is 0 Å². The largest absolute Gasteiger partial charge is 0.481 e. The molecule has 0 aromatic heterocycles. The average Bonchev–Trinajstić information content (AvgIpc) is 0.711. The molecule has 3 unspecified atom stereocenters. The van der Waals surface area contributed by atoms with E-state index in [-0.39, 0.29) is 17.4 Å². The molecule has 0 aliphatic carbocycles. The Hall–Kier alpha value is -15.1. The van der Waals surface area contributed by atoms with Crippen molar-refractivity contribution in [2.24, 2.45) is 16.2 Å². The van der Waals surface area contributed by atoms with Crippen LogP contribution in [0.4, 0.5) is 0 Å². The zero-order valence-corrected chi connectivity index (χ0v) is 82.7. The van der Waals surface area contributed by atoms with E-state index in [0.717, 1.165) is 69.3 Å². The number of rotatable bonds is 39. The van der Waals surface area contributed by atoms with Crippen molar-refractivity contribution in [3.8, 4) is 0 Å². The molecule has 0 saturated carbocycles. The van der Waals surface area contributed by atoms with Gasteiger partial charge in [-0.15, -0.1) is 0 Å². The second-order valence-electron chi connectivity index (χ2n) is 37.3. The van der Waals surface area contributed by atoms with Crippen molar-refractivity contribution in [1.29, 1.82) is 0 Å². The third-order valence-corrected chi connectivity index (χ3v) is 30.9. The predicted octanol–water partition coefficient (Wildman–Crippen LogP) is 32.1. The van der Waals surface area contributed by atoms with Crippen LogP contribution in [0, 0.1) is 16.2 Å². The molecule has 142 heavy (non-hydrogen) atoms. The molecular weight excluding hydrogens is 1770 g/mol. The maximum atomic E-state index is 14.2. The van der Waals surface area contributed by atoms with Crippen molar-refractivity contribution in [3.63, 3.8) is 0 Å². The normalized spacial score (nSPS) is 13.0. The van der Waals surface area contributed by atoms with Gasteiger partial charge in [-0.3, -0.25) is 14.4 Å². The van der Waals surface area contributed by atoms with Gasteiger partial charge < -0.3 is 15.3 Å². The van der Waals surface area contributed by atoms with Crippen LogP contribution < -0.4 is 0 Å². The molecule has 708 valence electrons. The van der Waals surface area contributed by atoms with E-state index in [0.29, 0.717) is 57.8 Å². The smallest absolute Gasteiger partial charge is 0.311 e. The molecule has 3 N–H and O–H groups in total. The standard InChI is InChI=1S/3C45H42O2.Cr/c3*1-2-43(42(46)47,45(39-28-15-6-16-29-39,40-30-17-7-18-31-40)41-32-19-8-20-33-41)34-21-35-44(36-22-9-3-10-23-36,37-24-11-4-12-25-37)38-26-13-5-14-27-38;/h3*3-20,22-33H,2,21,34-35H2,1H3,(H,46,47);. The minimum absolute atomic E-state index is 0. The number of carboxylic acid groups (broad SMARTS) is 3. The van der Waals surface area contributed by atoms with Crippen LogP contribution in [0.25, 0.3) is 0 Å². The molecule has 0 aliphatic rings. The SMILES string of the molecule is CCC(CCCC(c1ccccc1)(c1ccccc1)c1ccccc1)(C(=O)O)C(c1ccccc1)(c1ccccc1)c1ccccc1.CCC(CCCC(c1ccccc1)(c1ccccc1)c1ccccc1)(C(=O)O)C(c1ccccc1)(c1ccccc1)c1ccccc1.CCC(CCCC(c1ccccc1)(c1ccccc1)c1ccccc1)(C(=O)O)C(c1ccccc1)(c1ccccc1)c1ccccc1.[Cr]. The van der Waals surface area contributed by atoms with Gasteiger partial charge in [0.25, 0.3) is 0 Å². The molecule has 0 saturated heterocycles. The number of hydrogen-bond donors (Lipinski definition) is 3. The molecule has 0 amide bonds. The van der Waals surface area contributed by atoms with E-state index in [2.05, 4.69) is 403 Å². The number of benzene rings is 18. The fourth-order valence-corrected chi connectivity index (χ4v) is 24.6. The Morgan fingerprint density at radius 1 is 0.155 bits per heavy atom. The Balaban J connectivity index is 0.000000160. The first kappa shape index (κ1) is 101. The van der Waals surface area contributed by atoms with Gasteiger partial charge in [0.15, 0.2) is 0 Å². The van der Waals surface area contributed by atoms with Gasteiger partial charge in [0.2, 0.25) is 0 Å². The predicted molar refractivity (Wildman–Crippen MR) is 578 cm³/mol. The van der Waals surface area contributed by atoms with E-state index < -0.39 is 66.6 Å². The summed E-state index contributed by atoms with van der Waals surface area (Å²) in [4.78, 5) is 42.6. The Morgan fingerprint density at radius 3 is 0.331 bits per heavy atom. The first-order valence-corrected chi connectivity index (χ1v) is 50.0. The summed E-state index contributed by atoms with van der Waals surface area (Å²) in [6, 6.07) is 189. The Kier molecular flexibility index (Phi) is 33.7. The van der Waals surface area contributed by atoms with Crippen molar-refractivity contribution in [2.45, 2.75) is 130 Å². The summed E-state index contributed by atoms with van der Waals surface area (Å²) in [5.41, 5.74) is 12.0. The summed E-state index contributed by atoms with van der Waals surface area (Å²) in [6.45, 7) is 6.16. The molecule has 0 fully saturated rings. The van der Waals surface area contributed by atoms with Crippen LogP contribution in [0.15, 0.2) is 546 Å². The third-order valence-electron chi connectivity index (χ3n) is 30.9. The van der Waals surface area contributed by atoms with E-state index >= 15 is 0 Å². The van der Waals surface area contributed by atoms with Gasteiger partial charge in [0, 0.05) is 33.6 Å². The Labute approximate surface area is 851 Å². The summed E-state index contributed by atoms with van der Waals surface area (Å²) in [5.74, 6) is -2.33. The van der Waals surface area contributed by atoms with Crippen molar-refractivity contribution in [3.05, 3.63) is 646 Å². The van der Waals surface area contributed by atoms with Gasteiger partial charge in [0.05, 0.1) is 32.5 Å². The molecule has 0 aliphatic heterocycles. The van der Waals surface area contributed by atoms with Crippen LogP contribution in [0.2, 0.25) is 0 Å². The molecule has 0 radical (unpaired) electrons. The minimum atomic E-state index is -1.16. The van der Waals surface area contributed by atoms with Crippen molar-refractivity contribution < 1.29 is 47.1 Å². The van der Waals surface area contributed by atoms with Crippen LogP contribution in [0.3, 0.4) is 0 Å². The van der Waals surface area contributed by atoms with Crippen LogP contribution in [-0.2, 0) is 64.2 Å². The quantitative estimate of drug-likeness (QED) is 0.0331. The van der Waals surface area contributed by atoms with E-state index in [1.165, 1.54) is 50.1 Å². The van der Waals surface area contributed by atoms with Crippen LogP contribution in [-0.4, -0.2) is 33.2 Å². The molecule has 0 heterocycles. The molecule has 6 nitrogen and oxygen atoms in total. The summed E-state index contributed by atoms with van der Waals surface area (Å²) in [5, 5.41) is 34.9. The first-order valence-electron chi connectivity index (χ1n) is 50.0. The third kappa shape index (κ3) is 19.3. The van der Waals surface area contributed by atoms with E-state index in [4.69, 9.17) is 0 Å². The van der Waals surface area contributed by atoms with Crippen LogP contribution in [0.5, 0.6) is 0 Å². The monoisotopic (exact) mass is 1890 g/mol. The van der Waals surface area contributed by atoms with Gasteiger partial charge in [-0.1, -0.05) is 586 Å². The molecule has 18 aromatic rings. The molecule has 0 spiro atoms. The summed E-state index contributed by atoms with van der Waals surface area (Å²) < 4.78 is 0. The molecular formula is C135H126CrO6. The second kappa shape index (κ2) is 47.2. The van der Waals surface area contributed by atoms with Gasteiger partial charge in [0.1, 0.15) is 0 Å². The van der Waals surface area contributed by atoms with Crippen LogP contribution in [0.1, 0.15) is 198 Å². The summed E-state index contributed by atoms with van der Waals surface area (Å²) >= 11 is 0. The maximum Gasteiger partial charge on any atom is 0.311 e. The number of hydrogen-bond acceptors (Lipinski definition) is 3. The average molecular weight is 1900 g/mol. The van der Waals surface area contributed by atoms with E-state index in [9.17, 15) is 29.7 Å². The van der Waals surface area contributed by atoms with Gasteiger partial charge in [-0.05, 0) is 158 Å². The topological polar surface area (TPSA) is 112 Å². The van der Waals surface area contributed by atoms with E-state index in [1.807, 2.05) is 164 Å². The minimum Gasteiger partial charge on any atom is -0.481 e. The Bertz CT molecular complexity index is 5610. The Morgan fingerprint density at radius 2 is 0.246 bits per heavy atom. The van der Waals surface area contributed by atoms with E-state index in [1.54, 1.807) is 0 Å². The molecule has 3 atom stereocenters. The zero-order chi connectivity index (χ0) is 97.7. The maximum absolute atomic E-state index is 14.2. The van der Waals surface area contributed by atoms with Crippen LogP contribution >= 0.6 is 0 Å². The molecule has 18 rings (SSSR count). The second-order valence-corrected chi connectivity index (χ2v) is 37.3. The number of aliphatic carboxylic acids is 3. The first-order chi connectivity index (χ1) is 69.3. The van der Waals surface area contributed by atoms with Gasteiger partial charge in [-0.25, -0.2) is 0 Å². The molecule has 0 bridgehead atoms. The molecule has 7 heteroatoms. The number of carboxylic acids is 3. The molecule has 18 aromatic carbocycles. The van der Waals surface area contributed by atoms with Crippen molar-refractivity contribution in [2.75, 3.05) is 0 Å². The van der Waals surface area contributed by atoms with Gasteiger partial charge >= 0.3 is 17.9 Å². The fraction of sp³-hybridized carbons (Fsp3) is 0.178. The van der Waals surface area contributed by atoms with Crippen molar-refractivity contribution >= 4 is 17.9 Å². The van der Waals surface area contributed by atoms with Gasteiger partial charge in [-0.2, -0.15) is 0 Å². The number of carbonyl (C=O) groups is 3. The fourth-order valence-electron chi connectivity index (χ4n) is 24.6. The summed E-state index contributed by atoms with van der Waals surface area (Å²) in [7, 11) is 0. The summed E-state index contributed by atoms with van der Waals surface area (Å²) in [6.07, 6.45) is 7.09.